The zero-order valence-electron chi connectivity index (χ0n) is 15.6. The lowest BCUT2D eigenvalue weighted by Crippen LogP contribution is -2.47. The first-order valence-corrected chi connectivity index (χ1v) is 8.90. The monoisotopic (exact) mass is 376 g/mol. The van der Waals surface area contributed by atoms with Crippen LogP contribution in [0.5, 0.6) is 17.2 Å². The van der Waals surface area contributed by atoms with E-state index in [1.807, 2.05) is 36.4 Å². The molecule has 1 heterocycles. The first kappa shape index (κ1) is 18.1. The van der Waals surface area contributed by atoms with Crippen LogP contribution in [-0.2, 0) is 5.60 Å². The summed E-state index contributed by atoms with van der Waals surface area (Å²) in [4.78, 5) is 13.7. The van der Waals surface area contributed by atoms with Crippen molar-refractivity contribution in [1.82, 2.24) is 0 Å². The molecule has 2 unspecified atom stereocenters. The number of ether oxygens (including phenoxy) is 3. The number of hydrogen-bond donors (Lipinski definition) is 1. The number of rotatable bonds is 4. The second-order valence-corrected chi connectivity index (χ2v) is 6.57. The van der Waals surface area contributed by atoms with E-state index in [2.05, 4.69) is 0 Å². The van der Waals surface area contributed by atoms with Gasteiger partial charge in [-0.15, -0.1) is 0 Å². The maximum absolute atomic E-state index is 13.7. The molecule has 1 N–H and O–H groups in total. The normalized spacial score (nSPS) is 20.8. The van der Waals surface area contributed by atoms with Gasteiger partial charge >= 0.3 is 0 Å². The smallest absolute Gasteiger partial charge is 0.210 e. The average molecular weight is 376 g/mol. The summed E-state index contributed by atoms with van der Waals surface area (Å²) in [5.41, 5.74) is -0.564. The SMILES string of the molecule is COc1cc(OC)c2c(c1)OC(c1ccccc1)C(O)(c1ccccc1)C2=O. The van der Waals surface area contributed by atoms with Crippen LogP contribution in [0, 0.1) is 0 Å². The van der Waals surface area contributed by atoms with Crippen molar-refractivity contribution in [2.75, 3.05) is 14.2 Å². The van der Waals surface area contributed by atoms with Gasteiger partial charge in [0.1, 0.15) is 22.8 Å². The van der Waals surface area contributed by atoms with Crippen LogP contribution in [0.3, 0.4) is 0 Å². The molecule has 0 saturated carbocycles. The Bertz CT molecular complexity index is 1000. The minimum Gasteiger partial charge on any atom is -0.496 e. The third-order valence-corrected chi connectivity index (χ3v) is 5.01. The molecule has 0 radical (unpaired) electrons. The molecule has 0 bridgehead atoms. The van der Waals surface area contributed by atoms with Crippen molar-refractivity contribution in [3.8, 4) is 17.2 Å². The van der Waals surface area contributed by atoms with Crippen LogP contribution in [0.1, 0.15) is 27.6 Å². The van der Waals surface area contributed by atoms with Gasteiger partial charge in [0.05, 0.1) is 14.2 Å². The van der Waals surface area contributed by atoms with Gasteiger partial charge in [-0.25, -0.2) is 0 Å². The van der Waals surface area contributed by atoms with Crippen LogP contribution in [0.25, 0.3) is 0 Å². The summed E-state index contributed by atoms with van der Waals surface area (Å²) >= 11 is 0. The van der Waals surface area contributed by atoms with Crippen molar-refractivity contribution < 1.29 is 24.1 Å². The lowest BCUT2D eigenvalue weighted by Gasteiger charge is -2.40. The highest BCUT2D eigenvalue weighted by Gasteiger charge is 2.53. The Morgan fingerprint density at radius 2 is 1.57 bits per heavy atom. The van der Waals surface area contributed by atoms with Crippen LogP contribution in [-0.4, -0.2) is 25.1 Å². The number of hydrogen-bond acceptors (Lipinski definition) is 5. The molecule has 0 aliphatic carbocycles. The second-order valence-electron chi connectivity index (χ2n) is 6.57. The van der Waals surface area contributed by atoms with Crippen molar-refractivity contribution in [2.45, 2.75) is 11.7 Å². The lowest BCUT2D eigenvalue weighted by molar-refractivity contribution is -0.0538. The van der Waals surface area contributed by atoms with Gasteiger partial charge in [0.15, 0.2) is 11.7 Å². The van der Waals surface area contributed by atoms with Crippen molar-refractivity contribution in [3.05, 3.63) is 89.5 Å². The highest BCUT2D eigenvalue weighted by Crippen LogP contribution is 2.50. The first-order chi connectivity index (χ1) is 13.6. The Morgan fingerprint density at radius 3 is 2.18 bits per heavy atom. The molecule has 0 fully saturated rings. The minimum absolute atomic E-state index is 0.196. The molecule has 0 aromatic heterocycles. The van der Waals surface area contributed by atoms with E-state index in [0.29, 0.717) is 28.4 Å². The number of fused-ring (bicyclic) bond motifs is 1. The molecule has 3 aromatic carbocycles. The minimum atomic E-state index is -1.91. The van der Waals surface area contributed by atoms with Gasteiger partial charge in [-0.1, -0.05) is 60.7 Å². The number of ketones is 1. The molecule has 3 aromatic rings. The van der Waals surface area contributed by atoms with Gasteiger partial charge in [-0.05, 0) is 11.1 Å². The fourth-order valence-corrected chi connectivity index (χ4v) is 3.60. The van der Waals surface area contributed by atoms with E-state index in [-0.39, 0.29) is 5.56 Å². The topological polar surface area (TPSA) is 65.0 Å². The summed E-state index contributed by atoms with van der Waals surface area (Å²) in [5, 5.41) is 11.8. The van der Waals surface area contributed by atoms with Crippen molar-refractivity contribution in [1.29, 1.82) is 0 Å². The number of carbonyl (C=O) groups excluding carboxylic acids is 1. The van der Waals surface area contributed by atoms with Gasteiger partial charge in [-0.3, -0.25) is 4.79 Å². The van der Waals surface area contributed by atoms with Crippen LogP contribution in [0.15, 0.2) is 72.8 Å². The molecule has 4 rings (SSSR count). The van der Waals surface area contributed by atoms with E-state index in [0.717, 1.165) is 0 Å². The number of methoxy groups -OCH3 is 2. The molecule has 142 valence electrons. The third-order valence-electron chi connectivity index (χ3n) is 5.01. The average Bonchev–Trinajstić information content (AvgIpc) is 2.76. The molecule has 0 amide bonds. The van der Waals surface area contributed by atoms with Gasteiger partial charge in [-0.2, -0.15) is 0 Å². The second kappa shape index (κ2) is 7.02. The molecule has 0 saturated heterocycles. The fraction of sp³-hybridized carbons (Fsp3) is 0.174. The van der Waals surface area contributed by atoms with E-state index >= 15 is 0 Å². The van der Waals surface area contributed by atoms with Crippen LogP contribution in [0.2, 0.25) is 0 Å². The van der Waals surface area contributed by atoms with Gasteiger partial charge in [0.2, 0.25) is 5.78 Å². The highest BCUT2D eigenvalue weighted by atomic mass is 16.5. The summed E-state index contributed by atoms with van der Waals surface area (Å²) < 4.78 is 16.9. The van der Waals surface area contributed by atoms with E-state index in [9.17, 15) is 9.90 Å². The molecule has 5 heteroatoms. The summed E-state index contributed by atoms with van der Waals surface area (Å²) in [6, 6.07) is 21.3. The predicted molar refractivity (Wildman–Crippen MR) is 104 cm³/mol. The van der Waals surface area contributed by atoms with Crippen LogP contribution < -0.4 is 14.2 Å². The van der Waals surface area contributed by atoms with Crippen molar-refractivity contribution in [2.24, 2.45) is 0 Å². The Labute approximate surface area is 163 Å². The van der Waals surface area contributed by atoms with E-state index in [1.165, 1.54) is 14.2 Å². The Balaban J connectivity index is 1.98. The zero-order valence-corrected chi connectivity index (χ0v) is 15.6. The zero-order chi connectivity index (χ0) is 19.7. The molecule has 1 aliphatic rings. The quantitative estimate of drug-likeness (QED) is 0.748. The summed E-state index contributed by atoms with van der Waals surface area (Å²) in [6.45, 7) is 0. The summed E-state index contributed by atoms with van der Waals surface area (Å²) in [5.74, 6) is 0.629. The van der Waals surface area contributed by atoms with Gasteiger partial charge in [0, 0.05) is 12.1 Å². The molecular formula is C23H20O5. The van der Waals surface area contributed by atoms with Crippen molar-refractivity contribution in [3.63, 3.8) is 0 Å². The first-order valence-electron chi connectivity index (χ1n) is 8.90. The summed E-state index contributed by atoms with van der Waals surface area (Å²) in [7, 11) is 2.99. The number of carbonyl (C=O) groups is 1. The Kier molecular flexibility index (Phi) is 4.53. The summed E-state index contributed by atoms with van der Waals surface area (Å²) in [6.07, 6.45) is -0.923. The lowest BCUT2D eigenvalue weighted by atomic mass is 9.76. The van der Waals surface area contributed by atoms with Gasteiger partial charge < -0.3 is 19.3 Å². The molecule has 28 heavy (non-hydrogen) atoms. The molecule has 1 aliphatic heterocycles. The fourth-order valence-electron chi connectivity index (χ4n) is 3.60. The van der Waals surface area contributed by atoms with Crippen molar-refractivity contribution >= 4 is 5.78 Å². The Hall–Kier alpha value is -3.31. The molecule has 5 nitrogen and oxygen atoms in total. The van der Waals surface area contributed by atoms with E-state index < -0.39 is 17.5 Å². The maximum Gasteiger partial charge on any atom is 0.210 e. The number of benzene rings is 3. The van der Waals surface area contributed by atoms with Gasteiger partial charge in [0.25, 0.3) is 0 Å². The van der Waals surface area contributed by atoms with E-state index in [4.69, 9.17) is 14.2 Å². The predicted octanol–water partition coefficient (Wildman–Crippen LogP) is 3.91. The largest absolute Gasteiger partial charge is 0.496 e. The maximum atomic E-state index is 13.7. The Morgan fingerprint density at radius 1 is 0.929 bits per heavy atom. The standard InChI is InChI=1S/C23H20O5/c1-26-17-13-18(27-2)20-19(14-17)28-22(15-9-5-3-6-10-15)23(25,21(20)24)16-11-7-4-8-12-16/h3-14,22,25H,1-2H3. The number of Topliss-reactive ketones (excluding diaryl/α,β-unsaturated/α-hetero) is 1. The molecule has 2 atom stereocenters. The third kappa shape index (κ3) is 2.72. The number of aliphatic hydroxyl groups is 1. The molecule has 0 spiro atoms. The van der Waals surface area contributed by atoms with Crippen LogP contribution >= 0.6 is 0 Å². The van der Waals surface area contributed by atoms with E-state index in [1.54, 1.807) is 36.4 Å². The molecular weight excluding hydrogens is 356 g/mol. The van der Waals surface area contributed by atoms with Crippen LogP contribution in [0.4, 0.5) is 0 Å². The highest BCUT2D eigenvalue weighted by molar-refractivity contribution is 6.08.